The molecule has 0 radical (unpaired) electrons. The fourth-order valence-corrected chi connectivity index (χ4v) is 7.67. The summed E-state index contributed by atoms with van der Waals surface area (Å²) in [6.07, 6.45) is 3.09. The molecular formula is C24H31FO6. The van der Waals surface area contributed by atoms with Crippen LogP contribution in [-0.4, -0.2) is 40.0 Å². The molecule has 0 aromatic carbocycles. The van der Waals surface area contributed by atoms with Crippen LogP contribution in [0.5, 0.6) is 0 Å². The first-order chi connectivity index (χ1) is 14.6. The van der Waals surface area contributed by atoms with Gasteiger partial charge in [-0.2, -0.15) is 0 Å². The van der Waals surface area contributed by atoms with Crippen LogP contribution in [0.25, 0.3) is 0 Å². The number of fused-ring (bicyclic) bond motifs is 6. The van der Waals surface area contributed by atoms with E-state index in [9.17, 15) is 19.8 Å². The van der Waals surface area contributed by atoms with Crippen LogP contribution in [0.3, 0.4) is 0 Å². The van der Waals surface area contributed by atoms with Gasteiger partial charge in [0, 0.05) is 12.3 Å². The molecule has 1 unspecified atom stereocenters. The number of halogens is 1. The van der Waals surface area contributed by atoms with Gasteiger partial charge in [0.05, 0.1) is 17.4 Å². The number of aliphatic carboxylic acids is 1. The molecule has 0 aromatic heterocycles. The molecule has 1 aliphatic heterocycles. The van der Waals surface area contributed by atoms with Crippen molar-refractivity contribution in [1.82, 2.24) is 0 Å². The zero-order chi connectivity index (χ0) is 22.3. The largest absolute Gasteiger partial charge is 0.481 e. The minimum atomic E-state index is -2.06. The highest BCUT2D eigenvalue weighted by molar-refractivity contribution is 6.05. The maximum absolute atomic E-state index is 17.4. The molecule has 5 rings (SSSR count). The molecular weight excluding hydrogens is 403 g/mol. The molecule has 8 atom stereocenters. The van der Waals surface area contributed by atoms with E-state index >= 15 is 4.39 Å². The number of allylic oxidation sites excluding steroid dienone is 2. The molecule has 3 saturated carbocycles. The Morgan fingerprint density at radius 1 is 1.23 bits per heavy atom. The highest BCUT2D eigenvalue weighted by Gasteiger charge is 2.74. The van der Waals surface area contributed by atoms with Gasteiger partial charge < -0.3 is 19.7 Å². The van der Waals surface area contributed by atoms with E-state index in [1.807, 2.05) is 13.8 Å². The minimum absolute atomic E-state index is 0.0674. The number of ketones is 1. The third kappa shape index (κ3) is 2.41. The normalized spacial score (nSPS) is 48.1. The van der Waals surface area contributed by atoms with Crippen LogP contribution in [0, 0.1) is 28.6 Å². The first kappa shape index (κ1) is 21.0. The second kappa shape index (κ2) is 6.56. The Morgan fingerprint density at radius 3 is 2.65 bits per heavy atom. The molecule has 0 amide bonds. The Bertz CT molecular complexity index is 910. The van der Waals surface area contributed by atoms with E-state index in [1.165, 1.54) is 6.08 Å². The van der Waals surface area contributed by atoms with Crippen LogP contribution in [0.2, 0.25) is 0 Å². The van der Waals surface area contributed by atoms with Crippen molar-refractivity contribution in [3.8, 4) is 0 Å². The van der Waals surface area contributed by atoms with Crippen LogP contribution in [0.1, 0.15) is 65.7 Å². The quantitative estimate of drug-likeness (QED) is 0.700. The molecule has 2 N–H and O–H groups in total. The summed E-state index contributed by atoms with van der Waals surface area (Å²) < 4.78 is 29.3. The summed E-state index contributed by atoms with van der Waals surface area (Å²) in [7, 11) is 0. The fraction of sp³-hybridized carbons (Fsp3) is 0.750. The monoisotopic (exact) mass is 434 g/mol. The molecule has 31 heavy (non-hydrogen) atoms. The third-order valence-corrected chi connectivity index (χ3v) is 9.20. The Hall–Kier alpha value is -1.89. The van der Waals surface area contributed by atoms with E-state index in [1.54, 1.807) is 6.92 Å². The smallest absolute Gasteiger partial charge is 0.307 e. The number of aliphatic hydroxyl groups excluding tert-OH is 1. The number of carboxylic acids is 1. The van der Waals surface area contributed by atoms with Crippen molar-refractivity contribution >= 4 is 11.8 Å². The van der Waals surface area contributed by atoms with Gasteiger partial charge in [-0.1, -0.05) is 13.8 Å². The SMILES string of the molecule is CCCC1OC2=C(O1)[C@@]1(C)C(=CC2=O)CC[C@H]2[C@@H]3CC[C@H](C(=O)O)[C@@]3(C)C[C@H](O)[C@@]21F. The molecule has 3 fully saturated rings. The van der Waals surface area contributed by atoms with Crippen molar-refractivity contribution in [2.75, 3.05) is 0 Å². The van der Waals surface area contributed by atoms with Gasteiger partial charge in [-0.3, -0.25) is 9.59 Å². The molecule has 0 saturated heterocycles. The lowest BCUT2D eigenvalue weighted by Crippen LogP contribution is -2.68. The van der Waals surface area contributed by atoms with Crippen molar-refractivity contribution in [3.63, 3.8) is 0 Å². The Morgan fingerprint density at radius 2 is 1.97 bits per heavy atom. The van der Waals surface area contributed by atoms with E-state index < -0.39 is 46.7 Å². The molecule has 4 aliphatic carbocycles. The highest BCUT2D eigenvalue weighted by Crippen LogP contribution is 2.70. The molecule has 0 spiro atoms. The molecule has 1 heterocycles. The molecule has 0 bridgehead atoms. The number of carbonyl (C=O) groups is 2. The van der Waals surface area contributed by atoms with Gasteiger partial charge >= 0.3 is 5.97 Å². The van der Waals surface area contributed by atoms with Crippen LogP contribution in [0.4, 0.5) is 4.39 Å². The summed E-state index contributed by atoms with van der Waals surface area (Å²) in [5.74, 6) is -2.11. The van der Waals surface area contributed by atoms with E-state index in [0.717, 1.165) is 6.42 Å². The maximum Gasteiger partial charge on any atom is 0.307 e. The van der Waals surface area contributed by atoms with Crippen molar-refractivity contribution in [2.45, 2.75) is 83.8 Å². The second-order valence-corrected chi connectivity index (χ2v) is 10.5. The topological polar surface area (TPSA) is 93.1 Å². The molecule has 5 aliphatic rings. The summed E-state index contributed by atoms with van der Waals surface area (Å²) in [6.45, 7) is 5.62. The Kier molecular flexibility index (Phi) is 4.44. The minimum Gasteiger partial charge on any atom is -0.481 e. The number of hydrogen-bond acceptors (Lipinski definition) is 5. The summed E-state index contributed by atoms with van der Waals surface area (Å²) >= 11 is 0. The van der Waals surface area contributed by atoms with Crippen molar-refractivity contribution in [3.05, 3.63) is 23.2 Å². The predicted octanol–water partition coefficient (Wildman–Crippen LogP) is 3.89. The van der Waals surface area contributed by atoms with E-state index in [0.29, 0.717) is 37.7 Å². The van der Waals surface area contributed by atoms with E-state index in [4.69, 9.17) is 9.47 Å². The fourth-order valence-electron chi connectivity index (χ4n) is 7.67. The van der Waals surface area contributed by atoms with Gasteiger partial charge in [0.2, 0.25) is 17.8 Å². The van der Waals surface area contributed by atoms with Crippen molar-refractivity contribution < 1.29 is 33.7 Å². The number of ether oxygens (including phenoxy) is 2. The first-order valence-electron chi connectivity index (χ1n) is 11.5. The second-order valence-electron chi connectivity index (χ2n) is 10.5. The number of hydrogen-bond donors (Lipinski definition) is 2. The average Bonchev–Trinajstić information content (AvgIpc) is 3.27. The lowest BCUT2D eigenvalue weighted by Gasteiger charge is -2.62. The van der Waals surface area contributed by atoms with Crippen LogP contribution < -0.4 is 0 Å². The summed E-state index contributed by atoms with van der Waals surface area (Å²) in [5.41, 5.74) is -3.36. The number of aliphatic hydroxyl groups is 1. The molecule has 7 heteroatoms. The summed E-state index contributed by atoms with van der Waals surface area (Å²) in [4.78, 5) is 24.6. The van der Waals surface area contributed by atoms with Gasteiger partial charge in [0.15, 0.2) is 11.4 Å². The van der Waals surface area contributed by atoms with Gasteiger partial charge in [0.25, 0.3) is 0 Å². The lowest BCUT2D eigenvalue weighted by molar-refractivity contribution is -0.209. The Balaban J connectivity index is 1.61. The van der Waals surface area contributed by atoms with E-state index in [2.05, 4.69) is 0 Å². The molecule has 0 aromatic rings. The van der Waals surface area contributed by atoms with E-state index in [-0.39, 0.29) is 29.6 Å². The van der Waals surface area contributed by atoms with Gasteiger partial charge in [-0.25, -0.2) is 4.39 Å². The lowest BCUT2D eigenvalue weighted by atomic mass is 9.44. The predicted molar refractivity (Wildman–Crippen MR) is 108 cm³/mol. The summed E-state index contributed by atoms with van der Waals surface area (Å²) in [6, 6.07) is 0. The summed E-state index contributed by atoms with van der Waals surface area (Å²) in [5, 5.41) is 21.1. The number of rotatable bonds is 3. The first-order valence-corrected chi connectivity index (χ1v) is 11.5. The maximum atomic E-state index is 17.4. The number of carboxylic acid groups (broad SMARTS) is 1. The average molecular weight is 435 g/mol. The third-order valence-electron chi connectivity index (χ3n) is 9.20. The van der Waals surface area contributed by atoms with Gasteiger partial charge in [-0.05, 0) is 68.4 Å². The number of alkyl halides is 1. The van der Waals surface area contributed by atoms with Crippen LogP contribution in [0.15, 0.2) is 23.2 Å². The Labute approximate surface area is 181 Å². The van der Waals surface area contributed by atoms with Gasteiger partial charge in [-0.15, -0.1) is 0 Å². The molecule has 6 nitrogen and oxygen atoms in total. The van der Waals surface area contributed by atoms with Crippen molar-refractivity contribution in [2.24, 2.45) is 28.6 Å². The zero-order valence-electron chi connectivity index (χ0n) is 18.3. The van der Waals surface area contributed by atoms with Gasteiger partial charge in [0.1, 0.15) is 0 Å². The highest BCUT2D eigenvalue weighted by atomic mass is 19.1. The zero-order valence-corrected chi connectivity index (χ0v) is 18.3. The van der Waals surface area contributed by atoms with Crippen LogP contribution >= 0.6 is 0 Å². The standard InChI is InChI=1S/C24H31FO6/c1-4-5-18-30-19-16(26)10-12-6-7-14-13-8-9-15(21(28)29)22(13,2)11-17(27)24(14,25)23(12,3)20(19)31-18/h10,13-15,17-18,27H,4-9,11H2,1-3H3,(H,28,29)/t13-,14-,15+,17-,18?,22-,23+,24-/m0/s1. The number of carbonyl (C=O) groups excluding carboxylic acids is 1. The van der Waals surface area contributed by atoms with Crippen molar-refractivity contribution in [1.29, 1.82) is 0 Å². The van der Waals surface area contributed by atoms with Crippen LogP contribution in [-0.2, 0) is 19.1 Å². The molecule has 170 valence electrons.